The van der Waals surface area contributed by atoms with E-state index in [1.165, 1.54) is 55.5 Å². The molecule has 0 aromatic carbocycles. The molecule has 3 nitrogen and oxygen atoms in total. The van der Waals surface area contributed by atoms with Gasteiger partial charge in [-0.1, -0.05) is 0 Å². The van der Waals surface area contributed by atoms with Crippen LogP contribution in [0.4, 0.5) is 0 Å². The topological polar surface area (TPSA) is 35.0 Å². The van der Waals surface area contributed by atoms with Crippen LogP contribution in [-0.2, 0) is 0 Å². The molecule has 0 saturated heterocycles. The number of aromatic nitrogens is 2. The van der Waals surface area contributed by atoms with Crippen LogP contribution in [0.3, 0.4) is 0 Å². The molecule has 22 heavy (non-hydrogen) atoms. The average Bonchev–Trinajstić information content (AvgIpc) is 2.54. The summed E-state index contributed by atoms with van der Waals surface area (Å²) >= 11 is -2.44. The minimum atomic E-state index is -2.44. The van der Waals surface area contributed by atoms with Crippen molar-refractivity contribution in [2.45, 2.75) is 79.5 Å². The summed E-state index contributed by atoms with van der Waals surface area (Å²) in [6.07, 6.45) is 7.94. The van der Waals surface area contributed by atoms with Crippen LogP contribution in [0.15, 0.2) is 6.07 Å². The first-order chi connectivity index (χ1) is 10.6. The van der Waals surface area contributed by atoms with Crippen LogP contribution in [0.25, 0.3) is 0 Å². The predicted octanol–water partition coefficient (Wildman–Crippen LogP) is 4.85. The second kappa shape index (κ2) is 10.5. The van der Waals surface area contributed by atoms with Gasteiger partial charge in [-0.2, -0.15) is 0 Å². The number of methoxy groups -OCH3 is 1. The van der Waals surface area contributed by atoms with E-state index in [-0.39, 0.29) is 0 Å². The summed E-state index contributed by atoms with van der Waals surface area (Å²) in [7, 11) is 1.68. The summed E-state index contributed by atoms with van der Waals surface area (Å²) in [5.74, 6) is 0. The number of rotatable bonds is 11. The fraction of sp³-hybridized carbons (Fsp3) is 0.778. The summed E-state index contributed by atoms with van der Waals surface area (Å²) < 4.78 is 11.1. The Kier molecular flexibility index (Phi) is 9.37. The van der Waals surface area contributed by atoms with Gasteiger partial charge in [-0.15, -0.1) is 0 Å². The quantitative estimate of drug-likeness (QED) is 0.487. The van der Waals surface area contributed by atoms with Crippen LogP contribution >= 0.6 is 0 Å². The molecule has 0 amide bonds. The number of unbranched alkanes of at least 4 members (excludes halogenated alkanes) is 3. The zero-order chi connectivity index (χ0) is 16.4. The standard InChI is InChI=1S/C6H7N2O.3C4H9.Sn/c1-5-3-4-7-6(8-5)9-2;3*1-3-4-2;/h3H,1-2H3;3*1,3-4H2,2H3;. The third-order valence-electron chi connectivity index (χ3n) is 4.59. The van der Waals surface area contributed by atoms with Crippen molar-refractivity contribution < 1.29 is 4.74 Å². The third-order valence-corrected chi connectivity index (χ3v) is 19.6. The van der Waals surface area contributed by atoms with Gasteiger partial charge in [0.2, 0.25) is 0 Å². The number of hydrogen-bond donors (Lipinski definition) is 0. The van der Waals surface area contributed by atoms with Gasteiger partial charge in [-0.3, -0.25) is 0 Å². The molecular weight excluding hydrogens is 379 g/mol. The first-order valence-electron chi connectivity index (χ1n) is 9.02. The van der Waals surface area contributed by atoms with Gasteiger partial charge in [0.25, 0.3) is 0 Å². The molecular formula is C18H34N2OSn. The van der Waals surface area contributed by atoms with Gasteiger partial charge in [0.1, 0.15) is 0 Å². The second-order valence-corrected chi connectivity index (χ2v) is 19.5. The maximum absolute atomic E-state index is 5.36. The Morgan fingerprint density at radius 3 is 1.82 bits per heavy atom. The number of aryl methyl sites for hydroxylation is 1. The molecule has 0 spiro atoms. The summed E-state index contributed by atoms with van der Waals surface area (Å²) in [6, 6.07) is 2.85. The summed E-state index contributed by atoms with van der Waals surface area (Å²) in [5, 5.41) is 0. The van der Waals surface area contributed by atoms with Crippen LogP contribution in [0.5, 0.6) is 6.01 Å². The van der Waals surface area contributed by atoms with Crippen molar-refractivity contribution in [2.24, 2.45) is 0 Å². The van der Waals surface area contributed by atoms with E-state index in [1.54, 1.807) is 7.11 Å². The Bertz CT molecular complexity index is 415. The Balaban J connectivity index is 3.20. The van der Waals surface area contributed by atoms with E-state index in [4.69, 9.17) is 9.72 Å². The molecule has 1 aromatic heterocycles. The second-order valence-electron chi connectivity index (χ2n) is 6.47. The molecule has 4 heteroatoms. The molecule has 0 unspecified atom stereocenters. The van der Waals surface area contributed by atoms with E-state index in [0.29, 0.717) is 6.01 Å². The average molecular weight is 413 g/mol. The first kappa shape index (κ1) is 19.7. The summed E-state index contributed by atoms with van der Waals surface area (Å²) in [6.45, 7) is 9.00. The normalized spacial score (nSPS) is 11.7. The van der Waals surface area contributed by atoms with Crippen molar-refractivity contribution in [2.75, 3.05) is 7.11 Å². The summed E-state index contributed by atoms with van der Waals surface area (Å²) in [4.78, 5) is 9.25. The fourth-order valence-corrected chi connectivity index (χ4v) is 18.8. The van der Waals surface area contributed by atoms with Crippen LogP contribution in [0.2, 0.25) is 13.3 Å². The van der Waals surface area contributed by atoms with Crippen molar-refractivity contribution in [3.8, 4) is 6.01 Å². The van der Waals surface area contributed by atoms with Gasteiger partial charge in [0.15, 0.2) is 0 Å². The van der Waals surface area contributed by atoms with Crippen molar-refractivity contribution in [1.82, 2.24) is 9.97 Å². The Labute approximate surface area is 141 Å². The maximum atomic E-state index is 5.36. The van der Waals surface area contributed by atoms with E-state index in [2.05, 4.69) is 38.7 Å². The van der Waals surface area contributed by atoms with Crippen LogP contribution in [-0.4, -0.2) is 35.5 Å². The molecule has 0 fully saturated rings. The molecule has 0 bridgehead atoms. The molecule has 0 atom stereocenters. The molecule has 1 rings (SSSR count). The number of nitrogens with zero attached hydrogens (tertiary/aromatic N) is 2. The van der Waals surface area contributed by atoms with Crippen LogP contribution < -0.4 is 8.45 Å². The van der Waals surface area contributed by atoms with Gasteiger partial charge in [-0.25, -0.2) is 0 Å². The monoisotopic (exact) mass is 414 g/mol. The number of hydrogen-bond acceptors (Lipinski definition) is 3. The molecule has 126 valence electrons. The molecule has 0 N–H and O–H groups in total. The molecule has 0 aliphatic carbocycles. The van der Waals surface area contributed by atoms with E-state index in [1.807, 2.05) is 0 Å². The van der Waals surface area contributed by atoms with Gasteiger partial charge < -0.3 is 0 Å². The van der Waals surface area contributed by atoms with E-state index in [0.717, 1.165) is 5.69 Å². The first-order valence-corrected chi connectivity index (χ1v) is 16.5. The van der Waals surface area contributed by atoms with Gasteiger partial charge in [0, 0.05) is 0 Å². The van der Waals surface area contributed by atoms with Crippen molar-refractivity contribution in [3.05, 3.63) is 11.8 Å². The SMILES string of the molecule is CCC[CH2][Sn]([CH2]CCC)([CH2]CCC)[c]1cc(C)nc(OC)n1. The molecule has 0 aliphatic rings. The van der Waals surface area contributed by atoms with Crippen molar-refractivity contribution in [3.63, 3.8) is 0 Å². The van der Waals surface area contributed by atoms with E-state index in [9.17, 15) is 0 Å². The Morgan fingerprint density at radius 2 is 1.41 bits per heavy atom. The Morgan fingerprint density at radius 1 is 0.909 bits per heavy atom. The molecule has 1 heterocycles. The molecule has 0 saturated carbocycles. The third kappa shape index (κ3) is 5.71. The van der Waals surface area contributed by atoms with Crippen LogP contribution in [0.1, 0.15) is 65.0 Å². The predicted molar refractivity (Wildman–Crippen MR) is 97.9 cm³/mol. The van der Waals surface area contributed by atoms with Gasteiger partial charge in [0.05, 0.1) is 0 Å². The minimum absolute atomic E-state index is 0.570. The Hall–Kier alpha value is -0.321. The van der Waals surface area contributed by atoms with Crippen LogP contribution in [0, 0.1) is 6.92 Å². The van der Waals surface area contributed by atoms with E-state index < -0.39 is 18.4 Å². The fourth-order valence-electron chi connectivity index (χ4n) is 3.21. The van der Waals surface area contributed by atoms with Gasteiger partial charge in [-0.05, 0) is 0 Å². The van der Waals surface area contributed by atoms with Crippen molar-refractivity contribution >= 4 is 22.1 Å². The van der Waals surface area contributed by atoms with E-state index >= 15 is 0 Å². The molecule has 1 aromatic rings. The zero-order valence-corrected chi connectivity index (χ0v) is 18.1. The van der Waals surface area contributed by atoms with Gasteiger partial charge >= 0.3 is 141 Å². The molecule has 0 radical (unpaired) electrons. The number of ether oxygens (including phenoxy) is 1. The summed E-state index contributed by atoms with van der Waals surface area (Å²) in [5.41, 5.74) is 1.06. The zero-order valence-electron chi connectivity index (χ0n) is 15.2. The van der Waals surface area contributed by atoms with Crippen molar-refractivity contribution in [1.29, 1.82) is 0 Å². The molecule has 0 aliphatic heterocycles.